The number of benzene rings is 2. The summed E-state index contributed by atoms with van der Waals surface area (Å²) in [4.78, 5) is 2.56. The molecule has 170 valence electrons. The molecule has 0 radical (unpaired) electrons. The summed E-state index contributed by atoms with van der Waals surface area (Å²) in [6.45, 7) is 6.03. The standard InChI is InChI=1S/C23H27ClN4O3S/c1-16-8-10-21(11-9-16)32(29,30)25-14-18-5-4-12-28(15-18)17(2)22-26-27-23(31-22)19-6-3-7-20(24)13-19/h3,6-11,13,17-18,25H,4-5,12,14-15H2,1-2H3. The molecule has 9 heteroatoms. The minimum atomic E-state index is -3.52. The Morgan fingerprint density at radius 1 is 1.22 bits per heavy atom. The molecule has 1 aliphatic rings. The van der Waals surface area contributed by atoms with E-state index in [1.54, 1.807) is 36.4 Å². The van der Waals surface area contributed by atoms with Crippen LogP contribution in [0.1, 0.15) is 37.3 Å². The summed E-state index contributed by atoms with van der Waals surface area (Å²) in [6.07, 6.45) is 1.95. The highest BCUT2D eigenvalue weighted by atomic mass is 35.5. The van der Waals surface area contributed by atoms with Crippen LogP contribution in [0, 0.1) is 12.8 Å². The number of nitrogens with one attached hydrogen (secondary N) is 1. The van der Waals surface area contributed by atoms with Crippen LogP contribution in [-0.2, 0) is 10.0 Å². The number of likely N-dealkylation sites (tertiary alicyclic amines) is 1. The van der Waals surface area contributed by atoms with Gasteiger partial charge >= 0.3 is 0 Å². The highest BCUT2D eigenvalue weighted by molar-refractivity contribution is 7.89. The van der Waals surface area contributed by atoms with Crippen LogP contribution in [0.5, 0.6) is 0 Å². The Labute approximate surface area is 193 Å². The molecule has 0 saturated carbocycles. The van der Waals surface area contributed by atoms with E-state index >= 15 is 0 Å². The van der Waals surface area contributed by atoms with Crippen LogP contribution in [-0.4, -0.2) is 43.1 Å². The van der Waals surface area contributed by atoms with Gasteiger partial charge in [0.2, 0.25) is 21.8 Å². The van der Waals surface area contributed by atoms with E-state index in [4.69, 9.17) is 16.0 Å². The third-order valence-electron chi connectivity index (χ3n) is 5.86. The molecule has 0 bridgehead atoms. The lowest BCUT2D eigenvalue weighted by atomic mass is 9.97. The van der Waals surface area contributed by atoms with Crippen molar-refractivity contribution in [3.8, 4) is 11.5 Å². The maximum absolute atomic E-state index is 12.6. The molecule has 32 heavy (non-hydrogen) atoms. The fraction of sp³-hybridized carbons (Fsp3) is 0.391. The van der Waals surface area contributed by atoms with Crippen molar-refractivity contribution in [1.29, 1.82) is 0 Å². The van der Waals surface area contributed by atoms with Crippen molar-refractivity contribution >= 4 is 21.6 Å². The van der Waals surface area contributed by atoms with Crippen molar-refractivity contribution in [1.82, 2.24) is 19.8 Å². The number of piperidine rings is 1. The van der Waals surface area contributed by atoms with Gasteiger partial charge in [-0.05, 0) is 69.5 Å². The van der Waals surface area contributed by atoms with Crippen LogP contribution >= 0.6 is 11.6 Å². The molecule has 1 aliphatic heterocycles. The second-order valence-electron chi connectivity index (χ2n) is 8.30. The topological polar surface area (TPSA) is 88.3 Å². The summed E-state index contributed by atoms with van der Waals surface area (Å²) >= 11 is 6.06. The zero-order valence-corrected chi connectivity index (χ0v) is 19.7. The molecule has 0 aliphatic carbocycles. The summed E-state index contributed by atoms with van der Waals surface area (Å²) in [5.74, 6) is 1.19. The monoisotopic (exact) mass is 474 g/mol. The number of halogens is 1. The van der Waals surface area contributed by atoms with E-state index < -0.39 is 10.0 Å². The molecular formula is C23H27ClN4O3S. The van der Waals surface area contributed by atoms with E-state index in [-0.39, 0.29) is 12.0 Å². The first kappa shape index (κ1) is 22.9. The molecule has 2 heterocycles. The number of nitrogens with zero attached hydrogens (tertiary/aromatic N) is 3. The molecule has 2 aromatic carbocycles. The van der Waals surface area contributed by atoms with Gasteiger partial charge in [-0.25, -0.2) is 13.1 Å². The van der Waals surface area contributed by atoms with Crippen LogP contribution in [0.4, 0.5) is 0 Å². The SMILES string of the molecule is Cc1ccc(S(=O)(=O)NCC2CCCN(C(C)c3nnc(-c4cccc(Cl)c4)o3)C2)cc1. The third kappa shape index (κ3) is 5.38. The predicted molar refractivity (Wildman–Crippen MR) is 124 cm³/mol. The van der Waals surface area contributed by atoms with Crippen molar-refractivity contribution in [2.75, 3.05) is 19.6 Å². The summed E-state index contributed by atoms with van der Waals surface area (Å²) < 4.78 is 33.9. The first-order chi connectivity index (χ1) is 15.3. The van der Waals surface area contributed by atoms with Crippen molar-refractivity contribution in [3.05, 3.63) is 65.0 Å². The van der Waals surface area contributed by atoms with Gasteiger partial charge in [0, 0.05) is 23.7 Å². The Hall–Kier alpha value is -2.26. The van der Waals surface area contributed by atoms with Gasteiger partial charge in [0.25, 0.3) is 0 Å². The van der Waals surface area contributed by atoms with Crippen LogP contribution < -0.4 is 4.72 Å². The molecule has 2 atom stereocenters. The van der Waals surface area contributed by atoms with Gasteiger partial charge < -0.3 is 4.42 Å². The average Bonchev–Trinajstić information content (AvgIpc) is 3.28. The van der Waals surface area contributed by atoms with E-state index in [9.17, 15) is 8.42 Å². The summed E-state index contributed by atoms with van der Waals surface area (Å²) in [7, 11) is -3.52. The van der Waals surface area contributed by atoms with Gasteiger partial charge in [0.15, 0.2) is 0 Å². The number of hydrogen-bond acceptors (Lipinski definition) is 6. The molecule has 1 aromatic heterocycles. The molecule has 4 rings (SSSR count). The van der Waals surface area contributed by atoms with E-state index in [0.717, 1.165) is 37.1 Å². The molecule has 2 unspecified atom stereocenters. The zero-order valence-electron chi connectivity index (χ0n) is 18.2. The van der Waals surface area contributed by atoms with Crippen LogP contribution in [0.15, 0.2) is 57.8 Å². The molecule has 1 saturated heterocycles. The van der Waals surface area contributed by atoms with Gasteiger partial charge in [-0.3, -0.25) is 4.90 Å². The lowest BCUT2D eigenvalue weighted by molar-refractivity contribution is 0.117. The third-order valence-corrected chi connectivity index (χ3v) is 7.54. The number of aryl methyl sites for hydroxylation is 1. The molecule has 0 spiro atoms. The highest BCUT2D eigenvalue weighted by Crippen LogP contribution is 2.28. The predicted octanol–water partition coefficient (Wildman–Crippen LogP) is 4.45. The highest BCUT2D eigenvalue weighted by Gasteiger charge is 2.28. The maximum atomic E-state index is 12.6. The van der Waals surface area contributed by atoms with E-state index in [1.165, 1.54) is 0 Å². The van der Waals surface area contributed by atoms with Gasteiger partial charge in [-0.2, -0.15) is 0 Å². The Bertz CT molecular complexity index is 1160. The summed E-state index contributed by atoms with van der Waals surface area (Å²) in [5.41, 5.74) is 1.81. The second-order valence-corrected chi connectivity index (χ2v) is 10.5. The van der Waals surface area contributed by atoms with Crippen molar-refractivity contribution in [2.45, 2.75) is 37.6 Å². The van der Waals surface area contributed by atoms with Crippen molar-refractivity contribution in [3.63, 3.8) is 0 Å². The minimum Gasteiger partial charge on any atom is -0.419 e. The summed E-state index contributed by atoms with van der Waals surface area (Å²) in [5, 5.41) is 9.03. The van der Waals surface area contributed by atoms with Crippen molar-refractivity contribution < 1.29 is 12.8 Å². The minimum absolute atomic E-state index is 0.0630. The fourth-order valence-electron chi connectivity index (χ4n) is 3.94. The maximum Gasteiger partial charge on any atom is 0.247 e. The molecule has 3 aromatic rings. The zero-order chi connectivity index (χ0) is 22.7. The average molecular weight is 475 g/mol. The molecule has 7 nitrogen and oxygen atoms in total. The molecule has 1 fully saturated rings. The lowest BCUT2D eigenvalue weighted by Gasteiger charge is -2.35. The summed E-state index contributed by atoms with van der Waals surface area (Å²) in [6, 6.07) is 14.1. The normalized spacial score (nSPS) is 18.5. The first-order valence-electron chi connectivity index (χ1n) is 10.7. The quantitative estimate of drug-likeness (QED) is 0.544. The van der Waals surface area contributed by atoms with E-state index in [0.29, 0.717) is 28.2 Å². The second kappa shape index (κ2) is 9.70. The van der Waals surface area contributed by atoms with E-state index in [1.807, 2.05) is 26.0 Å². The van der Waals surface area contributed by atoms with Crippen molar-refractivity contribution in [2.24, 2.45) is 5.92 Å². The van der Waals surface area contributed by atoms with Gasteiger partial charge in [0.1, 0.15) is 0 Å². The number of sulfonamides is 1. The molecular weight excluding hydrogens is 448 g/mol. The molecule has 1 N–H and O–H groups in total. The number of hydrogen-bond donors (Lipinski definition) is 1. The molecule has 0 amide bonds. The largest absolute Gasteiger partial charge is 0.419 e. The Morgan fingerprint density at radius 2 is 2.00 bits per heavy atom. The van der Waals surface area contributed by atoms with Crippen LogP contribution in [0.25, 0.3) is 11.5 Å². The first-order valence-corrected chi connectivity index (χ1v) is 12.6. The smallest absolute Gasteiger partial charge is 0.247 e. The Kier molecular flexibility index (Phi) is 6.95. The van der Waals surface area contributed by atoms with E-state index in [2.05, 4.69) is 19.8 Å². The Balaban J connectivity index is 1.38. The lowest BCUT2D eigenvalue weighted by Crippen LogP contribution is -2.42. The van der Waals surface area contributed by atoms with Gasteiger partial charge in [0.05, 0.1) is 10.9 Å². The fourth-order valence-corrected chi connectivity index (χ4v) is 5.25. The number of rotatable bonds is 7. The van der Waals surface area contributed by atoms with Gasteiger partial charge in [-0.1, -0.05) is 35.4 Å². The number of aromatic nitrogens is 2. The Morgan fingerprint density at radius 3 is 2.75 bits per heavy atom. The van der Waals surface area contributed by atoms with Crippen LogP contribution in [0.2, 0.25) is 5.02 Å². The van der Waals surface area contributed by atoms with Gasteiger partial charge in [-0.15, -0.1) is 10.2 Å². The van der Waals surface area contributed by atoms with Crippen LogP contribution in [0.3, 0.4) is 0 Å².